The second kappa shape index (κ2) is 8.43. The zero-order valence-corrected chi connectivity index (χ0v) is 20.4. The van der Waals surface area contributed by atoms with Gasteiger partial charge in [-0.3, -0.25) is 9.59 Å². The summed E-state index contributed by atoms with van der Waals surface area (Å²) in [7, 11) is 0. The standard InChI is InChI=1S/C25H35N3O5S/c26-23(30)24(6-3-7-24)13-32-22-20(34-17-4-1-2-5-17)19(33-28-22)21(29)27-18-15-8-14-9-16(18)12-25(31,10-14)11-15/h14-18,31H,1-13H2,(H2,26,30)(H,27,29). The lowest BCUT2D eigenvalue weighted by molar-refractivity contribution is -0.137. The van der Waals surface area contributed by atoms with Crippen LogP contribution in [-0.4, -0.2) is 45.6 Å². The summed E-state index contributed by atoms with van der Waals surface area (Å²) in [5, 5.41) is 18.7. The van der Waals surface area contributed by atoms with Gasteiger partial charge in [0.2, 0.25) is 11.7 Å². The van der Waals surface area contributed by atoms with Gasteiger partial charge in [0, 0.05) is 11.3 Å². The first kappa shape index (κ1) is 22.7. The molecule has 9 heteroatoms. The van der Waals surface area contributed by atoms with Crippen molar-refractivity contribution in [2.24, 2.45) is 28.9 Å². The van der Waals surface area contributed by atoms with E-state index in [0.717, 1.165) is 64.2 Å². The van der Waals surface area contributed by atoms with Gasteiger partial charge in [0.25, 0.3) is 11.8 Å². The van der Waals surface area contributed by atoms with Gasteiger partial charge in [-0.2, -0.15) is 0 Å². The third-order valence-electron chi connectivity index (χ3n) is 9.27. The van der Waals surface area contributed by atoms with Crippen LogP contribution in [-0.2, 0) is 4.79 Å². The number of carbonyl (C=O) groups is 2. The predicted molar refractivity (Wildman–Crippen MR) is 125 cm³/mol. The topological polar surface area (TPSA) is 128 Å². The van der Waals surface area contributed by atoms with Crippen LogP contribution in [0.25, 0.3) is 0 Å². The minimum absolute atomic E-state index is 0.0660. The number of primary amides is 1. The number of carbonyl (C=O) groups excluding carboxylic acids is 2. The molecule has 1 heterocycles. The van der Waals surface area contributed by atoms with Crippen molar-refractivity contribution in [2.75, 3.05) is 6.61 Å². The van der Waals surface area contributed by atoms with Gasteiger partial charge in [-0.25, -0.2) is 0 Å². The Morgan fingerprint density at radius 2 is 1.85 bits per heavy atom. The van der Waals surface area contributed by atoms with Crippen molar-refractivity contribution in [1.82, 2.24) is 10.5 Å². The molecule has 1 aromatic heterocycles. The number of aromatic nitrogens is 1. The van der Waals surface area contributed by atoms with E-state index in [2.05, 4.69) is 10.5 Å². The summed E-state index contributed by atoms with van der Waals surface area (Å²) < 4.78 is 11.6. The first-order valence-corrected chi connectivity index (χ1v) is 13.8. The molecule has 7 rings (SSSR count). The van der Waals surface area contributed by atoms with Gasteiger partial charge < -0.3 is 25.4 Å². The van der Waals surface area contributed by atoms with Crippen LogP contribution >= 0.6 is 11.8 Å². The van der Waals surface area contributed by atoms with Crippen LogP contribution in [0.1, 0.15) is 87.6 Å². The Morgan fingerprint density at radius 3 is 2.44 bits per heavy atom. The molecular formula is C25H35N3O5S. The predicted octanol–water partition coefficient (Wildman–Crippen LogP) is 3.41. The maximum atomic E-state index is 13.5. The van der Waals surface area contributed by atoms with Crippen molar-refractivity contribution in [2.45, 2.75) is 98.8 Å². The summed E-state index contributed by atoms with van der Waals surface area (Å²) in [5.74, 6) is 1.14. The number of hydrogen-bond donors (Lipinski definition) is 3. The Bertz CT molecular complexity index is 954. The maximum Gasteiger partial charge on any atom is 0.291 e. The molecular weight excluding hydrogens is 454 g/mol. The molecule has 0 saturated heterocycles. The number of amides is 2. The van der Waals surface area contributed by atoms with Crippen molar-refractivity contribution < 1.29 is 24.0 Å². The Hall–Kier alpha value is -1.74. The van der Waals surface area contributed by atoms with E-state index < -0.39 is 11.0 Å². The smallest absolute Gasteiger partial charge is 0.291 e. The number of rotatable bonds is 8. The van der Waals surface area contributed by atoms with Crippen LogP contribution in [0.4, 0.5) is 0 Å². The number of nitrogens with one attached hydrogen (secondary N) is 1. The molecule has 0 radical (unpaired) electrons. The molecule has 8 nitrogen and oxygen atoms in total. The highest BCUT2D eigenvalue weighted by atomic mass is 32.2. The van der Waals surface area contributed by atoms with Crippen LogP contribution in [0.2, 0.25) is 0 Å². The third kappa shape index (κ3) is 3.92. The number of thioether (sulfide) groups is 1. The number of nitrogens with two attached hydrogens (primary N) is 1. The average Bonchev–Trinajstić information content (AvgIpc) is 3.39. The fraction of sp³-hybridized carbons (Fsp3) is 0.800. The number of nitrogens with zero attached hydrogens (tertiary/aromatic N) is 1. The highest BCUT2D eigenvalue weighted by molar-refractivity contribution is 8.00. The second-order valence-corrected chi connectivity index (χ2v) is 13.0. The van der Waals surface area contributed by atoms with Gasteiger partial charge in [-0.15, -0.1) is 11.8 Å². The Balaban J connectivity index is 1.20. The normalized spacial score (nSPS) is 35.8. The van der Waals surface area contributed by atoms with E-state index in [0.29, 0.717) is 33.8 Å². The summed E-state index contributed by atoms with van der Waals surface area (Å²) in [5.41, 5.74) is 4.46. The SMILES string of the molecule is NC(=O)C1(COc2noc(C(=O)NC3C4CC5CC3CC(O)(C5)C4)c2SC2CCCC2)CCC1. The Morgan fingerprint density at radius 1 is 1.15 bits per heavy atom. The molecule has 4 bridgehead atoms. The lowest BCUT2D eigenvalue weighted by Crippen LogP contribution is -2.61. The van der Waals surface area contributed by atoms with Crippen LogP contribution in [0.3, 0.4) is 0 Å². The van der Waals surface area contributed by atoms with Gasteiger partial charge in [-0.1, -0.05) is 19.3 Å². The molecule has 0 aromatic carbocycles. The number of ether oxygens (including phenoxy) is 1. The van der Waals surface area contributed by atoms with Gasteiger partial charge in [0.15, 0.2) is 0 Å². The highest BCUT2D eigenvalue weighted by Gasteiger charge is 2.55. The van der Waals surface area contributed by atoms with Crippen LogP contribution in [0.15, 0.2) is 9.42 Å². The third-order valence-corrected chi connectivity index (χ3v) is 10.7. The fourth-order valence-electron chi connectivity index (χ4n) is 7.49. The summed E-state index contributed by atoms with van der Waals surface area (Å²) in [6.45, 7) is 0.168. The highest BCUT2D eigenvalue weighted by Crippen LogP contribution is 2.55. The molecule has 2 amide bonds. The first-order chi connectivity index (χ1) is 16.3. The van der Waals surface area contributed by atoms with E-state index in [-0.39, 0.29) is 30.2 Å². The van der Waals surface area contributed by atoms with E-state index in [1.165, 1.54) is 12.8 Å². The number of aliphatic hydroxyl groups is 1. The van der Waals surface area contributed by atoms with Crippen molar-refractivity contribution in [3.05, 3.63) is 5.76 Å². The lowest BCUT2D eigenvalue weighted by atomic mass is 9.52. The van der Waals surface area contributed by atoms with E-state index in [9.17, 15) is 14.7 Å². The average molecular weight is 490 g/mol. The molecule has 1 aromatic rings. The van der Waals surface area contributed by atoms with Crippen molar-refractivity contribution in [1.29, 1.82) is 0 Å². The van der Waals surface area contributed by atoms with Crippen molar-refractivity contribution in [3.8, 4) is 5.88 Å². The molecule has 0 aliphatic heterocycles. The zero-order chi connectivity index (χ0) is 23.5. The van der Waals surface area contributed by atoms with Gasteiger partial charge in [0.05, 0.1) is 11.0 Å². The van der Waals surface area contributed by atoms with Gasteiger partial charge in [0.1, 0.15) is 11.5 Å². The molecule has 6 fully saturated rings. The second-order valence-electron chi connectivity index (χ2n) is 11.7. The minimum atomic E-state index is -0.642. The molecule has 186 valence electrons. The lowest BCUT2D eigenvalue weighted by Gasteiger charge is -2.58. The van der Waals surface area contributed by atoms with Gasteiger partial charge in [-0.05, 0) is 80.7 Å². The largest absolute Gasteiger partial charge is 0.474 e. The number of hydrogen-bond acceptors (Lipinski definition) is 7. The first-order valence-electron chi connectivity index (χ1n) is 13.0. The summed E-state index contributed by atoms with van der Waals surface area (Å²) >= 11 is 1.62. The van der Waals surface area contributed by atoms with E-state index in [1.807, 2.05) is 0 Å². The quantitative estimate of drug-likeness (QED) is 0.510. The summed E-state index contributed by atoms with van der Waals surface area (Å²) in [4.78, 5) is 26.1. The molecule has 6 aliphatic carbocycles. The van der Waals surface area contributed by atoms with E-state index in [1.54, 1.807) is 11.8 Å². The summed E-state index contributed by atoms with van der Waals surface area (Å²) in [6, 6.07) is 0.0660. The molecule has 4 N–H and O–H groups in total. The molecule has 6 aliphatic rings. The monoisotopic (exact) mass is 489 g/mol. The van der Waals surface area contributed by atoms with Crippen molar-refractivity contribution in [3.63, 3.8) is 0 Å². The van der Waals surface area contributed by atoms with Gasteiger partial charge >= 0.3 is 0 Å². The molecule has 6 saturated carbocycles. The molecule has 0 spiro atoms. The fourth-order valence-corrected chi connectivity index (χ4v) is 8.82. The molecule has 2 atom stereocenters. The maximum absolute atomic E-state index is 13.5. The van der Waals surface area contributed by atoms with E-state index in [4.69, 9.17) is 15.0 Å². The molecule has 34 heavy (non-hydrogen) atoms. The van der Waals surface area contributed by atoms with Crippen LogP contribution < -0.4 is 15.8 Å². The Labute approximate surface area is 204 Å². The Kier molecular flexibility index (Phi) is 5.63. The summed E-state index contributed by atoms with van der Waals surface area (Å²) in [6.07, 6.45) is 11.6. The zero-order valence-electron chi connectivity index (χ0n) is 19.6. The van der Waals surface area contributed by atoms with Crippen LogP contribution in [0, 0.1) is 23.2 Å². The van der Waals surface area contributed by atoms with Crippen molar-refractivity contribution >= 4 is 23.6 Å². The minimum Gasteiger partial charge on any atom is -0.474 e. The van der Waals surface area contributed by atoms with E-state index >= 15 is 0 Å². The molecule has 2 unspecified atom stereocenters. The van der Waals surface area contributed by atoms with Crippen LogP contribution in [0.5, 0.6) is 5.88 Å².